The molecule has 0 radical (unpaired) electrons. The first kappa shape index (κ1) is 21.3. The molecule has 6 nitrogen and oxygen atoms in total. The highest BCUT2D eigenvalue weighted by Gasteiger charge is 2.17. The number of hydrogen-bond donors (Lipinski definition) is 1. The SMILES string of the molecule is CCc1ccc(OCC(=O)N(Cc2ccccc2)Cc2nc3ccccc3c(=O)[nH]2)cc1. The van der Waals surface area contributed by atoms with E-state index in [1.165, 1.54) is 5.56 Å². The zero-order valence-corrected chi connectivity index (χ0v) is 18.0. The fourth-order valence-corrected chi connectivity index (χ4v) is 3.48. The highest BCUT2D eigenvalue weighted by atomic mass is 16.5. The van der Waals surface area contributed by atoms with Crippen LogP contribution in [0.15, 0.2) is 83.7 Å². The van der Waals surface area contributed by atoms with Crippen LogP contribution < -0.4 is 10.3 Å². The molecule has 0 bridgehead atoms. The third-order valence-corrected chi connectivity index (χ3v) is 5.27. The molecule has 0 spiro atoms. The summed E-state index contributed by atoms with van der Waals surface area (Å²) in [5, 5.41) is 0.524. The van der Waals surface area contributed by atoms with Gasteiger partial charge < -0.3 is 14.6 Å². The lowest BCUT2D eigenvalue weighted by Gasteiger charge is -2.22. The summed E-state index contributed by atoms with van der Waals surface area (Å²) in [6.45, 7) is 2.54. The lowest BCUT2D eigenvalue weighted by molar-refractivity contribution is -0.134. The predicted octanol–water partition coefficient (Wildman–Crippen LogP) is 4.09. The Balaban J connectivity index is 1.54. The van der Waals surface area contributed by atoms with Crippen molar-refractivity contribution in [3.63, 3.8) is 0 Å². The van der Waals surface area contributed by atoms with Crippen molar-refractivity contribution < 1.29 is 9.53 Å². The largest absolute Gasteiger partial charge is 0.484 e. The fourth-order valence-electron chi connectivity index (χ4n) is 3.48. The third-order valence-electron chi connectivity index (χ3n) is 5.27. The summed E-state index contributed by atoms with van der Waals surface area (Å²) in [4.78, 5) is 34.5. The van der Waals surface area contributed by atoms with Gasteiger partial charge in [0, 0.05) is 6.54 Å². The average Bonchev–Trinajstić information content (AvgIpc) is 2.83. The number of carbonyl (C=O) groups excluding carboxylic acids is 1. The van der Waals surface area contributed by atoms with Crippen LogP contribution in [0, 0.1) is 0 Å². The number of aryl methyl sites for hydroxylation is 1. The van der Waals surface area contributed by atoms with Gasteiger partial charge in [0.05, 0.1) is 17.4 Å². The number of fused-ring (bicyclic) bond motifs is 1. The molecular weight excluding hydrogens is 402 g/mol. The minimum atomic E-state index is -0.218. The van der Waals surface area contributed by atoms with Gasteiger partial charge >= 0.3 is 0 Å². The number of benzene rings is 3. The van der Waals surface area contributed by atoms with E-state index < -0.39 is 0 Å². The van der Waals surface area contributed by atoms with Crippen LogP contribution in [-0.4, -0.2) is 27.4 Å². The van der Waals surface area contributed by atoms with E-state index in [-0.39, 0.29) is 24.6 Å². The van der Waals surface area contributed by atoms with E-state index in [4.69, 9.17) is 4.74 Å². The maximum atomic E-state index is 13.1. The number of nitrogens with zero attached hydrogens (tertiary/aromatic N) is 2. The van der Waals surface area contributed by atoms with Crippen molar-refractivity contribution in [2.75, 3.05) is 6.61 Å². The number of amides is 1. The van der Waals surface area contributed by atoms with Crippen molar-refractivity contribution in [3.8, 4) is 5.75 Å². The van der Waals surface area contributed by atoms with Crippen LogP contribution in [0.1, 0.15) is 23.9 Å². The lowest BCUT2D eigenvalue weighted by Crippen LogP contribution is -2.35. The van der Waals surface area contributed by atoms with E-state index in [1.807, 2.05) is 60.7 Å². The van der Waals surface area contributed by atoms with Gasteiger partial charge in [-0.1, -0.05) is 61.5 Å². The van der Waals surface area contributed by atoms with Crippen LogP contribution in [0.4, 0.5) is 0 Å². The summed E-state index contributed by atoms with van der Waals surface area (Å²) in [5.41, 5.74) is 2.58. The quantitative estimate of drug-likeness (QED) is 0.460. The molecule has 1 aromatic heterocycles. The minimum absolute atomic E-state index is 0.101. The highest BCUT2D eigenvalue weighted by molar-refractivity contribution is 5.78. The Morgan fingerprint density at radius 1 is 0.906 bits per heavy atom. The number of rotatable bonds is 8. The summed E-state index contributed by atoms with van der Waals surface area (Å²) in [7, 11) is 0. The molecule has 162 valence electrons. The number of nitrogens with one attached hydrogen (secondary N) is 1. The first-order valence-corrected chi connectivity index (χ1v) is 10.6. The molecule has 1 heterocycles. The summed E-state index contributed by atoms with van der Waals surface area (Å²) < 4.78 is 5.73. The van der Waals surface area contributed by atoms with Gasteiger partial charge in [0.15, 0.2) is 6.61 Å². The first-order chi connectivity index (χ1) is 15.6. The van der Waals surface area contributed by atoms with Crippen LogP contribution in [0.3, 0.4) is 0 Å². The normalized spacial score (nSPS) is 10.8. The Labute approximate surface area is 186 Å². The first-order valence-electron chi connectivity index (χ1n) is 10.6. The fraction of sp³-hybridized carbons (Fsp3) is 0.192. The molecule has 1 amide bonds. The second kappa shape index (κ2) is 9.92. The van der Waals surface area contributed by atoms with Crippen molar-refractivity contribution >= 4 is 16.8 Å². The predicted molar refractivity (Wildman–Crippen MR) is 124 cm³/mol. The van der Waals surface area contributed by atoms with Crippen LogP contribution in [0.2, 0.25) is 0 Å². The van der Waals surface area contributed by atoms with Crippen molar-refractivity contribution in [2.45, 2.75) is 26.4 Å². The van der Waals surface area contributed by atoms with E-state index >= 15 is 0 Å². The minimum Gasteiger partial charge on any atom is -0.484 e. The van der Waals surface area contributed by atoms with Gasteiger partial charge in [-0.15, -0.1) is 0 Å². The van der Waals surface area contributed by atoms with Crippen LogP contribution in [-0.2, 0) is 24.3 Å². The number of H-pyrrole nitrogens is 1. The van der Waals surface area contributed by atoms with Crippen molar-refractivity contribution in [1.29, 1.82) is 0 Å². The molecule has 0 saturated carbocycles. The zero-order chi connectivity index (χ0) is 22.3. The smallest absolute Gasteiger partial charge is 0.261 e. The summed E-state index contributed by atoms with van der Waals surface area (Å²) in [5.74, 6) is 0.891. The second-order valence-electron chi connectivity index (χ2n) is 7.55. The van der Waals surface area contributed by atoms with Gasteiger partial charge in [0.25, 0.3) is 11.5 Å². The number of aromatic amines is 1. The topological polar surface area (TPSA) is 75.3 Å². The standard InChI is InChI=1S/C26H25N3O3/c1-2-19-12-14-21(15-13-19)32-18-25(30)29(16-20-8-4-3-5-9-20)17-24-27-23-11-7-6-10-22(23)26(31)28-24/h3-15H,2,16-18H2,1H3,(H,27,28,31). The molecule has 0 unspecified atom stereocenters. The van der Waals surface area contributed by atoms with Gasteiger partial charge in [-0.05, 0) is 41.8 Å². The van der Waals surface area contributed by atoms with E-state index in [1.54, 1.807) is 23.1 Å². The van der Waals surface area contributed by atoms with Gasteiger partial charge in [-0.2, -0.15) is 0 Å². The Kier molecular flexibility index (Phi) is 6.60. The monoisotopic (exact) mass is 427 g/mol. The molecule has 1 N–H and O–H groups in total. The maximum Gasteiger partial charge on any atom is 0.261 e. The molecule has 0 aliphatic carbocycles. The van der Waals surface area contributed by atoms with Gasteiger partial charge in [0.2, 0.25) is 0 Å². The summed E-state index contributed by atoms with van der Waals surface area (Å²) in [6, 6.07) is 24.6. The van der Waals surface area contributed by atoms with Crippen molar-refractivity contribution in [1.82, 2.24) is 14.9 Å². The molecule has 0 fully saturated rings. The molecule has 0 atom stereocenters. The molecule has 0 aliphatic heterocycles. The van der Waals surface area contributed by atoms with Crippen molar-refractivity contribution in [3.05, 3.63) is 106 Å². The van der Waals surface area contributed by atoms with Crippen molar-refractivity contribution in [2.24, 2.45) is 0 Å². The number of aromatic nitrogens is 2. The van der Waals surface area contributed by atoms with Gasteiger partial charge in [0.1, 0.15) is 11.6 Å². The molecule has 32 heavy (non-hydrogen) atoms. The molecule has 0 saturated heterocycles. The molecule has 4 aromatic rings. The van der Waals surface area contributed by atoms with E-state index in [2.05, 4.69) is 16.9 Å². The highest BCUT2D eigenvalue weighted by Crippen LogP contribution is 2.14. The van der Waals surface area contributed by atoms with Crippen LogP contribution in [0.25, 0.3) is 10.9 Å². The zero-order valence-electron chi connectivity index (χ0n) is 18.0. The van der Waals surface area contributed by atoms with E-state index in [0.717, 1.165) is 12.0 Å². The Bertz CT molecular complexity index is 1250. The number of hydrogen-bond acceptors (Lipinski definition) is 4. The Morgan fingerprint density at radius 2 is 1.62 bits per heavy atom. The molecular formula is C26H25N3O3. The molecule has 6 heteroatoms. The van der Waals surface area contributed by atoms with Crippen LogP contribution >= 0.6 is 0 Å². The molecule has 3 aromatic carbocycles. The van der Waals surface area contributed by atoms with Gasteiger partial charge in [-0.25, -0.2) is 4.98 Å². The third kappa shape index (κ3) is 5.21. The maximum absolute atomic E-state index is 13.1. The second-order valence-corrected chi connectivity index (χ2v) is 7.55. The van der Waals surface area contributed by atoms with Crippen LogP contribution in [0.5, 0.6) is 5.75 Å². The Hall–Kier alpha value is -3.93. The van der Waals surface area contributed by atoms with E-state index in [9.17, 15) is 9.59 Å². The van der Waals surface area contributed by atoms with E-state index in [0.29, 0.717) is 29.0 Å². The molecule has 0 aliphatic rings. The number of ether oxygens (including phenoxy) is 1. The van der Waals surface area contributed by atoms with Gasteiger partial charge in [-0.3, -0.25) is 9.59 Å². The summed E-state index contributed by atoms with van der Waals surface area (Å²) >= 11 is 0. The lowest BCUT2D eigenvalue weighted by atomic mass is 10.2. The summed E-state index contributed by atoms with van der Waals surface area (Å²) in [6.07, 6.45) is 0.945. The Morgan fingerprint density at radius 3 is 2.38 bits per heavy atom. The molecule has 4 rings (SSSR count). The number of carbonyl (C=O) groups is 1. The number of para-hydroxylation sites is 1. The average molecular weight is 428 g/mol.